The molecule has 1 atom stereocenters. The summed E-state index contributed by atoms with van der Waals surface area (Å²) in [6, 6.07) is 8.74. The molecule has 21 heavy (non-hydrogen) atoms. The van der Waals surface area contributed by atoms with Crippen molar-refractivity contribution in [2.24, 2.45) is 5.92 Å². The lowest BCUT2D eigenvalue weighted by Crippen LogP contribution is -2.48. The lowest BCUT2D eigenvalue weighted by molar-refractivity contribution is -0.124. The van der Waals surface area contributed by atoms with Gasteiger partial charge in [-0.2, -0.15) is 0 Å². The molecule has 3 amide bonds. The number of urea groups is 1. The molecule has 5 heteroatoms. The smallest absolute Gasteiger partial charge is 0.322 e. The second-order valence-corrected chi connectivity index (χ2v) is 5.79. The molecule has 1 aliphatic heterocycles. The van der Waals surface area contributed by atoms with Crippen LogP contribution in [0.15, 0.2) is 30.3 Å². The van der Waals surface area contributed by atoms with Crippen LogP contribution >= 0.6 is 0 Å². The number of hydrogen-bond donors (Lipinski definition) is 2. The third-order valence-electron chi connectivity index (χ3n) is 3.53. The van der Waals surface area contributed by atoms with Crippen LogP contribution in [0.5, 0.6) is 0 Å². The molecule has 1 aromatic carbocycles. The molecular formula is C16H23N3O2. The monoisotopic (exact) mass is 289 g/mol. The highest BCUT2D eigenvalue weighted by atomic mass is 16.2. The molecule has 0 aromatic heterocycles. The number of carbonyl (C=O) groups is 2. The summed E-state index contributed by atoms with van der Waals surface area (Å²) in [5.41, 5.74) is 0.746. The summed E-state index contributed by atoms with van der Waals surface area (Å²) < 4.78 is 0. The van der Waals surface area contributed by atoms with Crippen LogP contribution in [0.4, 0.5) is 10.5 Å². The van der Waals surface area contributed by atoms with E-state index in [0.29, 0.717) is 19.0 Å². The molecule has 0 bridgehead atoms. The number of carbonyl (C=O) groups excluding carboxylic acids is 2. The van der Waals surface area contributed by atoms with Crippen molar-refractivity contribution in [3.8, 4) is 0 Å². The van der Waals surface area contributed by atoms with E-state index in [-0.39, 0.29) is 18.0 Å². The highest BCUT2D eigenvalue weighted by Gasteiger charge is 2.33. The molecule has 0 radical (unpaired) electrons. The SMILES string of the molecule is CC(C)CNC(=O)[C@@H]1CCCN1C(=O)Nc1ccccc1. The molecule has 2 rings (SSSR count). The van der Waals surface area contributed by atoms with Gasteiger partial charge in [0.2, 0.25) is 5.91 Å². The Hall–Kier alpha value is -2.04. The number of amides is 3. The second kappa shape index (κ2) is 7.11. The first kappa shape index (κ1) is 15.4. The van der Waals surface area contributed by atoms with Crippen LogP contribution in [-0.2, 0) is 4.79 Å². The molecular weight excluding hydrogens is 266 g/mol. The van der Waals surface area contributed by atoms with Gasteiger partial charge in [0, 0.05) is 18.8 Å². The summed E-state index contributed by atoms with van der Waals surface area (Å²) in [5, 5.41) is 5.75. The average Bonchev–Trinajstić information content (AvgIpc) is 2.95. The fraction of sp³-hybridized carbons (Fsp3) is 0.500. The number of benzene rings is 1. The Bertz CT molecular complexity index is 488. The standard InChI is InChI=1S/C16H23N3O2/c1-12(2)11-17-15(20)14-9-6-10-19(14)16(21)18-13-7-4-3-5-8-13/h3-5,7-8,12,14H,6,9-11H2,1-2H3,(H,17,20)(H,18,21)/t14-/m0/s1. The molecule has 114 valence electrons. The van der Waals surface area contributed by atoms with E-state index >= 15 is 0 Å². The van der Waals surface area contributed by atoms with E-state index < -0.39 is 0 Å². The Kier molecular flexibility index (Phi) is 5.20. The predicted octanol–water partition coefficient (Wildman–Crippen LogP) is 2.46. The zero-order valence-electron chi connectivity index (χ0n) is 12.6. The summed E-state index contributed by atoms with van der Waals surface area (Å²) in [5.74, 6) is 0.353. The number of anilines is 1. The molecule has 5 nitrogen and oxygen atoms in total. The minimum Gasteiger partial charge on any atom is -0.354 e. The van der Waals surface area contributed by atoms with Crippen molar-refractivity contribution in [1.82, 2.24) is 10.2 Å². The quantitative estimate of drug-likeness (QED) is 0.894. The van der Waals surface area contributed by atoms with E-state index in [4.69, 9.17) is 0 Å². The van der Waals surface area contributed by atoms with Gasteiger partial charge < -0.3 is 15.5 Å². The van der Waals surface area contributed by atoms with Gasteiger partial charge in [0.1, 0.15) is 6.04 Å². The molecule has 1 saturated heterocycles. The highest BCUT2D eigenvalue weighted by Crippen LogP contribution is 2.19. The number of hydrogen-bond acceptors (Lipinski definition) is 2. The normalized spacial score (nSPS) is 17.9. The number of likely N-dealkylation sites (tertiary alicyclic amines) is 1. The predicted molar refractivity (Wildman–Crippen MR) is 83.0 cm³/mol. The molecule has 0 spiro atoms. The Labute approximate surface area is 125 Å². The van der Waals surface area contributed by atoms with Crippen LogP contribution in [0, 0.1) is 5.92 Å². The fourth-order valence-corrected chi connectivity index (χ4v) is 2.42. The number of rotatable bonds is 4. The maximum absolute atomic E-state index is 12.3. The fourth-order valence-electron chi connectivity index (χ4n) is 2.42. The van der Waals surface area contributed by atoms with Crippen LogP contribution in [0.2, 0.25) is 0 Å². The van der Waals surface area contributed by atoms with Gasteiger partial charge in [-0.15, -0.1) is 0 Å². The third-order valence-corrected chi connectivity index (χ3v) is 3.53. The van der Waals surface area contributed by atoms with E-state index in [1.807, 2.05) is 30.3 Å². The topological polar surface area (TPSA) is 61.4 Å². The molecule has 1 fully saturated rings. The van der Waals surface area contributed by atoms with Gasteiger partial charge in [0.05, 0.1) is 0 Å². The number of nitrogens with one attached hydrogen (secondary N) is 2. The van der Waals surface area contributed by atoms with E-state index in [9.17, 15) is 9.59 Å². The summed E-state index contributed by atoms with van der Waals surface area (Å²) in [4.78, 5) is 26.1. The van der Waals surface area contributed by atoms with Crippen LogP contribution in [0.25, 0.3) is 0 Å². The van der Waals surface area contributed by atoms with Crippen LogP contribution in [0.3, 0.4) is 0 Å². The zero-order chi connectivity index (χ0) is 15.2. The summed E-state index contributed by atoms with van der Waals surface area (Å²) in [7, 11) is 0. The maximum atomic E-state index is 12.3. The Balaban J connectivity index is 1.94. The summed E-state index contributed by atoms with van der Waals surface area (Å²) in [6.07, 6.45) is 1.59. The van der Waals surface area contributed by atoms with Crippen molar-refractivity contribution in [2.45, 2.75) is 32.7 Å². The number of para-hydroxylation sites is 1. The van der Waals surface area contributed by atoms with Crippen molar-refractivity contribution in [1.29, 1.82) is 0 Å². The van der Waals surface area contributed by atoms with Gasteiger partial charge in [-0.1, -0.05) is 32.0 Å². The highest BCUT2D eigenvalue weighted by molar-refractivity contribution is 5.94. The Morgan fingerprint density at radius 1 is 1.29 bits per heavy atom. The van der Waals surface area contributed by atoms with Gasteiger partial charge in [-0.05, 0) is 30.9 Å². The van der Waals surface area contributed by atoms with Crippen molar-refractivity contribution in [2.75, 3.05) is 18.4 Å². The zero-order valence-corrected chi connectivity index (χ0v) is 12.6. The lowest BCUT2D eigenvalue weighted by Gasteiger charge is -2.24. The molecule has 0 aliphatic carbocycles. The summed E-state index contributed by atoms with van der Waals surface area (Å²) >= 11 is 0. The van der Waals surface area contributed by atoms with Crippen LogP contribution < -0.4 is 10.6 Å². The van der Waals surface area contributed by atoms with Crippen molar-refractivity contribution in [3.05, 3.63) is 30.3 Å². The molecule has 2 N–H and O–H groups in total. The Morgan fingerprint density at radius 2 is 2.00 bits per heavy atom. The first-order chi connectivity index (χ1) is 10.1. The molecule has 1 aromatic rings. The van der Waals surface area contributed by atoms with E-state index in [2.05, 4.69) is 24.5 Å². The minimum absolute atomic E-state index is 0.0515. The van der Waals surface area contributed by atoms with E-state index in [1.54, 1.807) is 4.90 Å². The molecule has 1 aliphatic rings. The van der Waals surface area contributed by atoms with Crippen molar-refractivity contribution >= 4 is 17.6 Å². The van der Waals surface area contributed by atoms with E-state index in [0.717, 1.165) is 18.5 Å². The molecule has 1 heterocycles. The van der Waals surface area contributed by atoms with Gasteiger partial charge in [0.25, 0.3) is 0 Å². The summed E-state index contributed by atoms with van der Waals surface area (Å²) in [6.45, 7) is 5.37. The van der Waals surface area contributed by atoms with Gasteiger partial charge in [-0.3, -0.25) is 4.79 Å². The Morgan fingerprint density at radius 3 is 2.67 bits per heavy atom. The second-order valence-electron chi connectivity index (χ2n) is 5.79. The number of nitrogens with zero attached hydrogens (tertiary/aromatic N) is 1. The molecule has 0 unspecified atom stereocenters. The van der Waals surface area contributed by atoms with Gasteiger partial charge in [-0.25, -0.2) is 4.79 Å². The maximum Gasteiger partial charge on any atom is 0.322 e. The van der Waals surface area contributed by atoms with Crippen molar-refractivity contribution < 1.29 is 9.59 Å². The van der Waals surface area contributed by atoms with Crippen LogP contribution in [-0.4, -0.2) is 36.0 Å². The minimum atomic E-state index is -0.354. The van der Waals surface area contributed by atoms with Gasteiger partial charge in [0.15, 0.2) is 0 Å². The first-order valence-electron chi connectivity index (χ1n) is 7.48. The molecule has 0 saturated carbocycles. The average molecular weight is 289 g/mol. The van der Waals surface area contributed by atoms with Gasteiger partial charge >= 0.3 is 6.03 Å². The van der Waals surface area contributed by atoms with Crippen LogP contribution in [0.1, 0.15) is 26.7 Å². The largest absolute Gasteiger partial charge is 0.354 e. The lowest BCUT2D eigenvalue weighted by atomic mass is 10.2. The van der Waals surface area contributed by atoms with Crippen molar-refractivity contribution in [3.63, 3.8) is 0 Å². The third kappa shape index (κ3) is 4.21. The van der Waals surface area contributed by atoms with E-state index in [1.165, 1.54) is 0 Å². The first-order valence-corrected chi connectivity index (χ1v) is 7.48.